The molecule has 0 aliphatic carbocycles. The molecular formula is C13H15BrFN. The van der Waals surface area contributed by atoms with E-state index >= 15 is 0 Å². The Bertz CT molecular complexity index is 502. The monoisotopic (exact) mass is 283 g/mol. The number of fused-ring (bicyclic) bond motifs is 1. The van der Waals surface area contributed by atoms with Crippen molar-refractivity contribution in [1.82, 2.24) is 4.98 Å². The lowest BCUT2D eigenvalue weighted by molar-refractivity contribution is 0.426. The van der Waals surface area contributed by atoms with Gasteiger partial charge >= 0.3 is 0 Å². The van der Waals surface area contributed by atoms with Crippen LogP contribution in [-0.2, 0) is 6.42 Å². The Balaban J connectivity index is 2.46. The molecule has 3 heteroatoms. The number of nitrogens with one attached hydrogen (secondary N) is 1. The van der Waals surface area contributed by atoms with E-state index in [9.17, 15) is 4.39 Å². The number of hydrogen-bond acceptors (Lipinski definition) is 0. The van der Waals surface area contributed by atoms with Gasteiger partial charge in [-0.2, -0.15) is 0 Å². The molecule has 0 amide bonds. The summed E-state index contributed by atoms with van der Waals surface area (Å²) in [6, 6.07) is 5.15. The van der Waals surface area contributed by atoms with Crippen molar-refractivity contribution >= 4 is 26.8 Å². The van der Waals surface area contributed by atoms with Crippen LogP contribution in [0.5, 0.6) is 0 Å². The fourth-order valence-electron chi connectivity index (χ4n) is 1.91. The van der Waals surface area contributed by atoms with E-state index in [0.29, 0.717) is 0 Å². The van der Waals surface area contributed by atoms with Gasteiger partial charge in [0.15, 0.2) is 0 Å². The number of halogens is 2. The molecule has 0 bridgehead atoms. The summed E-state index contributed by atoms with van der Waals surface area (Å²) in [6.45, 7) is 4.34. The van der Waals surface area contributed by atoms with E-state index in [2.05, 4.69) is 34.8 Å². The van der Waals surface area contributed by atoms with Crippen molar-refractivity contribution in [3.8, 4) is 0 Å². The lowest BCUT2D eigenvalue weighted by Crippen LogP contribution is -2.16. The second-order valence-corrected chi connectivity index (χ2v) is 5.51. The largest absolute Gasteiger partial charge is 0.361 e. The quantitative estimate of drug-likeness (QED) is 0.810. The zero-order valence-corrected chi connectivity index (χ0v) is 11.1. The van der Waals surface area contributed by atoms with Gasteiger partial charge in [-0.25, -0.2) is 4.39 Å². The minimum absolute atomic E-state index is 0.136. The molecule has 0 unspecified atom stereocenters. The zero-order chi connectivity index (χ0) is 11.8. The molecule has 16 heavy (non-hydrogen) atoms. The predicted octanol–water partition coefficient (Wildman–Crippen LogP) is 4.27. The van der Waals surface area contributed by atoms with Gasteiger partial charge in [0.05, 0.1) is 0 Å². The lowest BCUT2D eigenvalue weighted by Gasteiger charge is -2.20. The van der Waals surface area contributed by atoms with Crippen molar-refractivity contribution in [2.75, 3.05) is 5.33 Å². The standard InChI is InChI=1S/C13H15BrFN/c1-13(2,8-14)6-9-7-16-11-5-3-4-10(15)12(9)11/h3-5,7,16H,6,8H2,1-2H3. The van der Waals surface area contributed by atoms with Crippen LogP contribution in [0.15, 0.2) is 24.4 Å². The third-order valence-corrected chi connectivity index (χ3v) is 4.29. The molecule has 0 saturated carbocycles. The number of rotatable bonds is 3. The van der Waals surface area contributed by atoms with E-state index in [-0.39, 0.29) is 11.2 Å². The molecule has 2 rings (SSSR count). The maximum absolute atomic E-state index is 13.7. The topological polar surface area (TPSA) is 15.8 Å². The van der Waals surface area contributed by atoms with Gasteiger partial charge in [0, 0.05) is 22.4 Å². The van der Waals surface area contributed by atoms with Gasteiger partial charge in [-0.1, -0.05) is 35.8 Å². The molecule has 0 atom stereocenters. The highest BCUT2D eigenvalue weighted by atomic mass is 79.9. The van der Waals surface area contributed by atoms with E-state index in [1.165, 1.54) is 6.07 Å². The van der Waals surface area contributed by atoms with E-state index in [1.807, 2.05) is 12.3 Å². The first-order valence-electron chi connectivity index (χ1n) is 5.34. The first-order chi connectivity index (χ1) is 7.53. The Morgan fingerprint density at radius 3 is 2.81 bits per heavy atom. The van der Waals surface area contributed by atoms with Crippen molar-refractivity contribution in [2.24, 2.45) is 5.41 Å². The van der Waals surface area contributed by atoms with Gasteiger partial charge in [0.25, 0.3) is 0 Å². The predicted molar refractivity (Wildman–Crippen MR) is 69.5 cm³/mol. The Morgan fingerprint density at radius 2 is 2.12 bits per heavy atom. The summed E-state index contributed by atoms with van der Waals surface area (Å²) in [5.41, 5.74) is 2.06. The smallest absolute Gasteiger partial charge is 0.132 e. The van der Waals surface area contributed by atoms with Gasteiger partial charge in [0.1, 0.15) is 5.82 Å². The summed E-state index contributed by atoms with van der Waals surface area (Å²) in [5, 5.41) is 1.64. The lowest BCUT2D eigenvalue weighted by atomic mass is 9.88. The van der Waals surface area contributed by atoms with E-state index in [1.54, 1.807) is 6.07 Å². The van der Waals surface area contributed by atoms with Crippen molar-refractivity contribution in [3.63, 3.8) is 0 Å². The van der Waals surface area contributed by atoms with Crippen LogP contribution in [0.25, 0.3) is 10.9 Å². The fourth-order valence-corrected chi connectivity index (χ4v) is 2.11. The minimum Gasteiger partial charge on any atom is -0.361 e. The van der Waals surface area contributed by atoms with Crippen LogP contribution in [0.1, 0.15) is 19.4 Å². The normalized spacial score (nSPS) is 12.2. The first kappa shape index (κ1) is 11.6. The number of alkyl halides is 1. The third-order valence-electron chi connectivity index (χ3n) is 2.77. The first-order valence-corrected chi connectivity index (χ1v) is 6.46. The molecule has 2 aromatic rings. The molecule has 0 radical (unpaired) electrons. The molecular weight excluding hydrogens is 269 g/mol. The summed E-state index contributed by atoms with van der Waals surface area (Å²) in [4.78, 5) is 3.12. The second-order valence-electron chi connectivity index (χ2n) is 4.95. The Kier molecular flexibility index (Phi) is 3.06. The number of hydrogen-bond donors (Lipinski definition) is 1. The Hall–Kier alpha value is -0.830. The molecule has 1 aromatic carbocycles. The van der Waals surface area contributed by atoms with E-state index in [0.717, 1.165) is 28.2 Å². The van der Waals surface area contributed by atoms with E-state index in [4.69, 9.17) is 0 Å². The summed E-state index contributed by atoms with van der Waals surface area (Å²) < 4.78 is 13.7. The molecule has 1 heterocycles. The average Bonchev–Trinajstić information content (AvgIpc) is 2.62. The van der Waals surface area contributed by atoms with Crippen molar-refractivity contribution in [3.05, 3.63) is 35.8 Å². The SMILES string of the molecule is CC(C)(CBr)Cc1c[nH]c2cccc(F)c12. The van der Waals surface area contributed by atoms with Crippen molar-refractivity contribution < 1.29 is 4.39 Å². The molecule has 1 aromatic heterocycles. The summed E-state index contributed by atoms with van der Waals surface area (Å²) in [5.74, 6) is -0.140. The molecule has 0 aliphatic rings. The molecule has 0 fully saturated rings. The molecule has 0 aliphatic heterocycles. The van der Waals surface area contributed by atoms with E-state index < -0.39 is 0 Å². The highest BCUT2D eigenvalue weighted by Crippen LogP contribution is 2.29. The Morgan fingerprint density at radius 1 is 1.38 bits per heavy atom. The number of benzene rings is 1. The molecule has 0 saturated heterocycles. The average molecular weight is 284 g/mol. The van der Waals surface area contributed by atoms with Gasteiger partial charge < -0.3 is 4.98 Å². The fraction of sp³-hybridized carbons (Fsp3) is 0.385. The molecule has 1 nitrogen and oxygen atoms in total. The third kappa shape index (κ3) is 2.14. The van der Waals surface area contributed by atoms with Crippen LogP contribution in [0, 0.1) is 11.2 Å². The molecule has 1 N–H and O–H groups in total. The Labute approximate surface area is 103 Å². The highest BCUT2D eigenvalue weighted by Gasteiger charge is 2.19. The number of H-pyrrole nitrogens is 1. The summed E-state index contributed by atoms with van der Waals surface area (Å²) in [6.07, 6.45) is 2.78. The summed E-state index contributed by atoms with van der Waals surface area (Å²) in [7, 11) is 0. The maximum atomic E-state index is 13.7. The molecule has 86 valence electrons. The van der Waals surface area contributed by atoms with Crippen LogP contribution < -0.4 is 0 Å². The molecule has 0 spiro atoms. The van der Waals surface area contributed by atoms with Gasteiger partial charge in [0.2, 0.25) is 0 Å². The second kappa shape index (κ2) is 4.21. The van der Waals surface area contributed by atoms with Crippen LogP contribution in [-0.4, -0.2) is 10.3 Å². The minimum atomic E-state index is -0.140. The summed E-state index contributed by atoms with van der Waals surface area (Å²) >= 11 is 3.50. The van der Waals surface area contributed by atoms with Crippen molar-refractivity contribution in [2.45, 2.75) is 20.3 Å². The van der Waals surface area contributed by atoms with Gasteiger partial charge in [-0.3, -0.25) is 0 Å². The zero-order valence-electron chi connectivity index (χ0n) is 9.48. The number of aromatic amines is 1. The van der Waals surface area contributed by atoms with Crippen LogP contribution in [0.4, 0.5) is 4.39 Å². The van der Waals surface area contributed by atoms with Crippen molar-refractivity contribution in [1.29, 1.82) is 0 Å². The van der Waals surface area contributed by atoms with Crippen LogP contribution in [0.2, 0.25) is 0 Å². The van der Waals surface area contributed by atoms with Crippen LogP contribution in [0.3, 0.4) is 0 Å². The highest BCUT2D eigenvalue weighted by molar-refractivity contribution is 9.09. The van der Waals surface area contributed by atoms with Crippen LogP contribution >= 0.6 is 15.9 Å². The van der Waals surface area contributed by atoms with Gasteiger partial charge in [-0.05, 0) is 29.5 Å². The number of aromatic nitrogens is 1. The van der Waals surface area contributed by atoms with Gasteiger partial charge in [-0.15, -0.1) is 0 Å². The maximum Gasteiger partial charge on any atom is 0.132 e.